The van der Waals surface area contributed by atoms with Gasteiger partial charge in [-0.2, -0.15) is 0 Å². The number of rotatable bonds is 7. The van der Waals surface area contributed by atoms with Crippen LogP contribution in [-0.4, -0.2) is 53.4 Å². The maximum atomic E-state index is 14.1. The second-order valence-corrected chi connectivity index (χ2v) is 8.78. The van der Waals surface area contributed by atoms with Gasteiger partial charge < -0.3 is 9.64 Å². The number of pyridine rings is 1. The molecule has 178 valence electrons. The van der Waals surface area contributed by atoms with Crippen LogP contribution in [0, 0.1) is 11.6 Å². The van der Waals surface area contributed by atoms with Gasteiger partial charge in [-0.1, -0.05) is 41.4 Å². The molecule has 0 spiro atoms. The SMILES string of the molecule is O=C(c1cccnc1Cl)N1CCN(C[C@@H](OCc2c(F)cccc2F)c2ccc(Cl)cc2)CC1. The molecule has 2 aromatic carbocycles. The summed E-state index contributed by atoms with van der Waals surface area (Å²) in [5.41, 5.74) is 1.12. The lowest BCUT2D eigenvalue weighted by atomic mass is 10.1. The van der Waals surface area contributed by atoms with Gasteiger partial charge in [0, 0.05) is 49.5 Å². The summed E-state index contributed by atoms with van der Waals surface area (Å²) in [5, 5.41) is 0.773. The summed E-state index contributed by atoms with van der Waals surface area (Å²) in [4.78, 5) is 20.7. The molecule has 0 saturated carbocycles. The number of carbonyl (C=O) groups excluding carboxylic acids is 1. The summed E-state index contributed by atoms with van der Waals surface area (Å²) in [5.74, 6) is -1.44. The quantitative estimate of drug-likeness (QED) is 0.404. The van der Waals surface area contributed by atoms with E-state index in [4.69, 9.17) is 27.9 Å². The summed E-state index contributed by atoms with van der Waals surface area (Å²) in [6.07, 6.45) is 1.10. The number of hydrogen-bond acceptors (Lipinski definition) is 4. The van der Waals surface area contributed by atoms with Gasteiger partial charge in [0.1, 0.15) is 16.8 Å². The van der Waals surface area contributed by atoms with E-state index < -0.39 is 17.7 Å². The molecule has 0 aliphatic carbocycles. The van der Waals surface area contributed by atoms with Gasteiger partial charge in [0.15, 0.2) is 0 Å². The van der Waals surface area contributed by atoms with Gasteiger partial charge in [0.2, 0.25) is 0 Å². The Hall–Kier alpha value is -2.58. The summed E-state index contributed by atoms with van der Waals surface area (Å²) in [7, 11) is 0. The van der Waals surface area contributed by atoms with E-state index in [1.165, 1.54) is 18.2 Å². The topological polar surface area (TPSA) is 45.7 Å². The number of benzene rings is 2. The minimum Gasteiger partial charge on any atom is -0.367 e. The van der Waals surface area contributed by atoms with Crippen LogP contribution < -0.4 is 0 Å². The Labute approximate surface area is 206 Å². The fourth-order valence-corrected chi connectivity index (χ4v) is 4.20. The molecule has 9 heteroatoms. The average molecular weight is 506 g/mol. The van der Waals surface area contributed by atoms with Gasteiger partial charge in [-0.25, -0.2) is 13.8 Å². The van der Waals surface area contributed by atoms with Gasteiger partial charge in [-0.05, 0) is 42.0 Å². The molecule has 4 rings (SSSR count). The molecule has 0 bridgehead atoms. The predicted octanol–water partition coefficient (Wildman–Crippen LogP) is 5.38. The molecule has 0 radical (unpaired) electrons. The first-order chi connectivity index (χ1) is 16.4. The largest absolute Gasteiger partial charge is 0.367 e. The van der Waals surface area contributed by atoms with Crippen LogP contribution >= 0.6 is 23.2 Å². The monoisotopic (exact) mass is 505 g/mol. The molecule has 1 amide bonds. The van der Waals surface area contributed by atoms with Crippen molar-refractivity contribution >= 4 is 29.1 Å². The van der Waals surface area contributed by atoms with Crippen LogP contribution in [0.2, 0.25) is 10.2 Å². The van der Waals surface area contributed by atoms with E-state index >= 15 is 0 Å². The van der Waals surface area contributed by atoms with Gasteiger partial charge in [-0.3, -0.25) is 9.69 Å². The molecular formula is C25H23Cl2F2N3O2. The summed E-state index contributed by atoms with van der Waals surface area (Å²) >= 11 is 12.1. The highest BCUT2D eigenvalue weighted by Gasteiger charge is 2.26. The fourth-order valence-electron chi connectivity index (χ4n) is 3.87. The summed E-state index contributed by atoms with van der Waals surface area (Å²) < 4.78 is 34.2. The normalized spacial score (nSPS) is 15.4. The van der Waals surface area contributed by atoms with E-state index in [0.717, 1.165) is 5.56 Å². The van der Waals surface area contributed by atoms with E-state index in [1.54, 1.807) is 35.4 Å². The highest BCUT2D eigenvalue weighted by Crippen LogP contribution is 2.25. The lowest BCUT2D eigenvalue weighted by Crippen LogP contribution is -2.49. The molecule has 2 heterocycles. The van der Waals surface area contributed by atoms with E-state index in [9.17, 15) is 13.6 Å². The molecule has 1 atom stereocenters. The lowest BCUT2D eigenvalue weighted by Gasteiger charge is -2.36. The Balaban J connectivity index is 1.42. The maximum Gasteiger partial charge on any atom is 0.257 e. The molecule has 1 aliphatic heterocycles. The first kappa shape index (κ1) is 24.5. The molecule has 1 fully saturated rings. The van der Waals surface area contributed by atoms with Crippen molar-refractivity contribution in [2.45, 2.75) is 12.7 Å². The molecule has 5 nitrogen and oxygen atoms in total. The van der Waals surface area contributed by atoms with E-state index in [1.807, 2.05) is 12.1 Å². The zero-order valence-electron chi connectivity index (χ0n) is 18.3. The van der Waals surface area contributed by atoms with Crippen LogP contribution in [0.4, 0.5) is 8.78 Å². The van der Waals surface area contributed by atoms with Crippen molar-refractivity contribution in [1.82, 2.24) is 14.8 Å². The zero-order valence-corrected chi connectivity index (χ0v) is 19.8. The number of aromatic nitrogens is 1. The molecule has 1 aromatic heterocycles. The van der Waals surface area contributed by atoms with Crippen LogP contribution in [0.25, 0.3) is 0 Å². The smallest absolute Gasteiger partial charge is 0.257 e. The summed E-state index contributed by atoms with van der Waals surface area (Å²) in [6.45, 7) is 2.55. The number of nitrogens with zero attached hydrogens (tertiary/aromatic N) is 3. The Morgan fingerprint density at radius 2 is 1.65 bits per heavy atom. The highest BCUT2D eigenvalue weighted by molar-refractivity contribution is 6.32. The zero-order chi connectivity index (χ0) is 24.1. The Morgan fingerprint density at radius 1 is 0.971 bits per heavy atom. The number of piperazine rings is 1. The second-order valence-electron chi connectivity index (χ2n) is 7.99. The first-order valence-electron chi connectivity index (χ1n) is 10.8. The van der Waals surface area contributed by atoms with Crippen LogP contribution in [-0.2, 0) is 11.3 Å². The highest BCUT2D eigenvalue weighted by atomic mass is 35.5. The van der Waals surface area contributed by atoms with Crippen molar-refractivity contribution < 1.29 is 18.3 Å². The minimum absolute atomic E-state index is 0.106. The van der Waals surface area contributed by atoms with Crippen molar-refractivity contribution in [3.8, 4) is 0 Å². The van der Waals surface area contributed by atoms with Crippen LogP contribution in [0.5, 0.6) is 0 Å². The predicted molar refractivity (Wildman–Crippen MR) is 127 cm³/mol. The van der Waals surface area contributed by atoms with Gasteiger partial charge in [-0.15, -0.1) is 0 Å². The Morgan fingerprint density at radius 3 is 2.29 bits per heavy atom. The van der Waals surface area contributed by atoms with Crippen molar-refractivity contribution in [1.29, 1.82) is 0 Å². The lowest BCUT2D eigenvalue weighted by molar-refractivity contribution is 0.00144. The number of carbonyl (C=O) groups is 1. The number of hydrogen-bond donors (Lipinski definition) is 0. The number of amides is 1. The van der Waals surface area contributed by atoms with Gasteiger partial charge >= 0.3 is 0 Å². The fraction of sp³-hybridized carbons (Fsp3) is 0.280. The molecule has 3 aromatic rings. The third-order valence-corrected chi connectivity index (χ3v) is 6.36. The molecule has 1 saturated heterocycles. The van der Waals surface area contributed by atoms with E-state index in [-0.39, 0.29) is 23.2 Å². The van der Waals surface area contributed by atoms with Crippen molar-refractivity contribution in [2.24, 2.45) is 0 Å². The van der Waals surface area contributed by atoms with Gasteiger partial charge in [0.25, 0.3) is 5.91 Å². The molecule has 0 N–H and O–H groups in total. The molecule has 0 unspecified atom stereocenters. The molecular weight excluding hydrogens is 483 g/mol. The Bertz CT molecular complexity index is 1120. The van der Waals surface area contributed by atoms with Crippen molar-refractivity contribution in [2.75, 3.05) is 32.7 Å². The summed E-state index contributed by atoms with van der Waals surface area (Å²) in [6, 6.07) is 14.3. The third kappa shape index (κ3) is 5.91. The van der Waals surface area contributed by atoms with Crippen molar-refractivity contribution in [3.63, 3.8) is 0 Å². The van der Waals surface area contributed by atoms with Crippen LogP contribution in [0.3, 0.4) is 0 Å². The van der Waals surface area contributed by atoms with Crippen LogP contribution in [0.1, 0.15) is 27.6 Å². The Kier molecular flexibility index (Phi) is 8.11. The first-order valence-corrected chi connectivity index (χ1v) is 11.6. The third-order valence-electron chi connectivity index (χ3n) is 5.81. The standard InChI is InChI=1S/C25H23Cl2F2N3O2/c26-18-8-6-17(7-9-18)23(34-16-20-21(28)4-1-5-22(20)29)15-31-11-13-32(14-12-31)25(33)19-3-2-10-30-24(19)27/h1-10,23H,11-16H2/t23-/m1/s1. The maximum absolute atomic E-state index is 14.1. The molecule has 34 heavy (non-hydrogen) atoms. The number of ether oxygens (including phenoxy) is 1. The average Bonchev–Trinajstić information content (AvgIpc) is 2.84. The van der Waals surface area contributed by atoms with Crippen LogP contribution in [0.15, 0.2) is 60.8 Å². The number of halogens is 4. The van der Waals surface area contributed by atoms with Crippen molar-refractivity contribution in [3.05, 3.63) is 99.3 Å². The minimum atomic E-state index is -0.643. The second kappa shape index (κ2) is 11.2. The van der Waals surface area contributed by atoms with E-state index in [0.29, 0.717) is 43.3 Å². The van der Waals surface area contributed by atoms with E-state index in [2.05, 4.69) is 9.88 Å². The molecule has 1 aliphatic rings. The van der Waals surface area contributed by atoms with Gasteiger partial charge in [0.05, 0.1) is 18.3 Å².